The van der Waals surface area contributed by atoms with Crippen molar-refractivity contribution < 1.29 is 4.79 Å². The van der Waals surface area contributed by atoms with Crippen LogP contribution in [0.4, 0.5) is 0 Å². The molecule has 2 heterocycles. The van der Waals surface area contributed by atoms with Crippen molar-refractivity contribution in [2.45, 2.75) is 39.0 Å². The first kappa shape index (κ1) is 11.6. The maximum absolute atomic E-state index is 11.3. The number of aromatic nitrogens is 1. The normalized spacial score (nSPS) is 19.4. The van der Waals surface area contributed by atoms with Crippen molar-refractivity contribution in [2.24, 2.45) is 0 Å². The minimum Gasteiger partial charge on any atom is -0.364 e. The van der Waals surface area contributed by atoms with Gasteiger partial charge < -0.3 is 9.88 Å². The van der Waals surface area contributed by atoms with E-state index in [9.17, 15) is 4.79 Å². The Morgan fingerprint density at radius 2 is 2.11 bits per heavy atom. The minimum atomic E-state index is 0.182. The number of hydrogen-bond donors (Lipinski definition) is 1. The molecule has 0 radical (unpaired) electrons. The highest BCUT2D eigenvalue weighted by Gasteiger charge is 2.20. The van der Waals surface area contributed by atoms with Crippen LogP contribution in [0.25, 0.3) is 5.57 Å². The van der Waals surface area contributed by atoms with Crippen LogP contribution in [0.5, 0.6) is 0 Å². The fourth-order valence-corrected chi connectivity index (χ4v) is 3.09. The van der Waals surface area contributed by atoms with Crippen LogP contribution in [0.3, 0.4) is 0 Å². The van der Waals surface area contributed by atoms with Crippen LogP contribution >= 0.6 is 0 Å². The first-order chi connectivity index (χ1) is 8.75. The third-order valence-corrected chi connectivity index (χ3v) is 4.18. The molecular weight excluding hydrogens is 224 g/mol. The fourth-order valence-electron chi connectivity index (χ4n) is 3.09. The predicted molar refractivity (Wildman–Crippen MR) is 72.3 cm³/mol. The van der Waals surface area contributed by atoms with E-state index in [1.807, 2.05) is 4.90 Å². The Hall–Kier alpha value is -1.51. The topological polar surface area (TPSA) is 36.1 Å². The van der Waals surface area contributed by atoms with Gasteiger partial charge in [-0.2, -0.15) is 0 Å². The number of nitrogens with one attached hydrogen (secondary N) is 1. The van der Waals surface area contributed by atoms with Gasteiger partial charge in [0.2, 0.25) is 5.91 Å². The predicted octanol–water partition coefficient (Wildman–Crippen LogP) is 2.53. The monoisotopic (exact) mass is 244 g/mol. The lowest BCUT2D eigenvalue weighted by Crippen LogP contribution is -2.32. The van der Waals surface area contributed by atoms with Crippen LogP contribution in [0.2, 0.25) is 0 Å². The van der Waals surface area contributed by atoms with E-state index in [1.54, 1.807) is 6.92 Å². The molecule has 96 valence electrons. The van der Waals surface area contributed by atoms with Crippen LogP contribution in [0.1, 0.15) is 43.0 Å². The van der Waals surface area contributed by atoms with Gasteiger partial charge in [0.05, 0.1) is 0 Å². The zero-order valence-corrected chi connectivity index (χ0v) is 11.0. The number of nitrogens with zero attached hydrogens (tertiary/aromatic N) is 1. The lowest BCUT2D eigenvalue weighted by Gasteiger charge is -2.26. The van der Waals surface area contributed by atoms with Crippen LogP contribution < -0.4 is 0 Å². The molecule has 1 aromatic rings. The number of fused-ring (bicyclic) bond motifs is 1. The molecule has 2 aliphatic rings. The van der Waals surface area contributed by atoms with Gasteiger partial charge in [-0.1, -0.05) is 6.08 Å². The molecule has 0 atom stereocenters. The SMILES string of the molecule is CC(=O)N1CC=C(c2c[nH]c3c2CCCC3)CC1. The summed E-state index contributed by atoms with van der Waals surface area (Å²) in [5, 5.41) is 0. The molecule has 0 unspecified atom stereocenters. The maximum atomic E-state index is 11.3. The molecule has 0 spiro atoms. The summed E-state index contributed by atoms with van der Waals surface area (Å²) in [6.07, 6.45) is 10.4. The number of aryl methyl sites for hydroxylation is 1. The van der Waals surface area contributed by atoms with E-state index >= 15 is 0 Å². The third kappa shape index (κ3) is 1.98. The van der Waals surface area contributed by atoms with Gasteiger partial charge >= 0.3 is 0 Å². The Labute approximate surface area is 108 Å². The van der Waals surface area contributed by atoms with Crippen molar-refractivity contribution in [3.63, 3.8) is 0 Å². The Morgan fingerprint density at radius 3 is 2.83 bits per heavy atom. The molecule has 3 nitrogen and oxygen atoms in total. The van der Waals surface area contributed by atoms with Gasteiger partial charge in [-0.05, 0) is 48.8 Å². The molecule has 1 aliphatic heterocycles. The Balaban J connectivity index is 1.84. The van der Waals surface area contributed by atoms with E-state index in [0.29, 0.717) is 0 Å². The molecule has 1 N–H and O–H groups in total. The van der Waals surface area contributed by atoms with Gasteiger partial charge in [0.1, 0.15) is 0 Å². The van der Waals surface area contributed by atoms with Crippen LogP contribution in [0.15, 0.2) is 12.3 Å². The van der Waals surface area contributed by atoms with Crippen molar-refractivity contribution >= 4 is 11.5 Å². The Kier molecular flexibility index (Phi) is 2.98. The van der Waals surface area contributed by atoms with E-state index in [-0.39, 0.29) is 5.91 Å². The highest BCUT2D eigenvalue weighted by molar-refractivity contribution is 5.76. The number of rotatable bonds is 1. The Morgan fingerprint density at radius 1 is 1.28 bits per heavy atom. The standard InChI is InChI=1S/C15H20N2O/c1-11(18)17-8-6-12(7-9-17)14-10-16-15-5-3-2-4-13(14)15/h6,10,16H,2-5,7-9H2,1H3. The molecule has 1 aliphatic carbocycles. The molecular formula is C15H20N2O. The summed E-state index contributed by atoms with van der Waals surface area (Å²) in [6.45, 7) is 3.28. The summed E-state index contributed by atoms with van der Waals surface area (Å²) >= 11 is 0. The molecule has 0 saturated heterocycles. The van der Waals surface area contributed by atoms with Gasteiger partial charge in [0, 0.05) is 31.9 Å². The summed E-state index contributed by atoms with van der Waals surface area (Å²) in [6, 6.07) is 0. The molecule has 0 saturated carbocycles. The zero-order chi connectivity index (χ0) is 12.5. The van der Waals surface area contributed by atoms with Crippen molar-refractivity contribution in [1.29, 1.82) is 0 Å². The van der Waals surface area contributed by atoms with Crippen molar-refractivity contribution in [3.05, 3.63) is 29.1 Å². The second kappa shape index (κ2) is 4.63. The fraction of sp³-hybridized carbons (Fsp3) is 0.533. The van der Waals surface area contributed by atoms with Gasteiger partial charge in [-0.25, -0.2) is 0 Å². The van der Waals surface area contributed by atoms with Gasteiger partial charge in [-0.15, -0.1) is 0 Å². The molecule has 3 rings (SSSR count). The number of amides is 1. The largest absolute Gasteiger partial charge is 0.364 e. The molecule has 0 bridgehead atoms. The lowest BCUT2D eigenvalue weighted by atomic mass is 9.90. The van der Waals surface area contributed by atoms with E-state index in [0.717, 1.165) is 19.5 Å². The van der Waals surface area contributed by atoms with Gasteiger partial charge in [0.15, 0.2) is 0 Å². The zero-order valence-electron chi connectivity index (χ0n) is 11.0. The summed E-state index contributed by atoms with van der Waals surface area (Å²) in [4.78, 5) is 16.7. The smallest absolute Gasteiger partial charge is 0.219 e. The molecule has 0 fully saturated rings. The number of H-pyrrole nitrogens is 1. The summed E-state index contributed by atoms with van der Waals surface area (Å²) in [7, 11) is 0. The molecule has 1 amide bonds. The second-order valence-corrected chi connectivity index (χ2v) is 5.31. The average Bonchev–Trinajstić information content (AvgIpc) is 2.82. The summed E-state index contributed by atoms with van der Waals surface area (Å²) in [5.41, 5.74) is 5.80. The van der Waals surface area contributed by atoms with Crippen molar-refractivity contribution in [2.75, 3.05) is 13.1 Å². The minimum absolute atomic E-state index is 0.182. The Bertz CT molecular complexity index is 499. The van der Waals surface area contributed by atoms with E-state index in [2.05, 4.69) is 17.3 Å². The van der Waals surface area contributed by atoms with Crippen LogP contribution in [-0.2, 0) is 17.6 Å². The highest BCUT2D eigenvalue weighted by Crippen LogP contribution is 2.31. The number of carbonyl (C=O) groups is 1. The average molecular weight is 244 g/mol. The number of aromatic amines is 1. The van der Waals surface area contributed by atoms with Gasteiger partial charge in [0.25, 0.3) is 0 Å². The highest BCUT2D eigenvalue weighted by atomic mass is 16.2. The first-order valence-corrected chi connectivity index (χ1v) is 6.90. The number of hydrogen-bond acceptors (Lipinski definition) is 1. The molecule has 18 heavy (non-hydrogen) atoms. The molecule has 3 heteroatoms. The summed E-state index contributed by atoms with van der Waals surface area (Å²) < 4.78 is 0. The van der Waals surface area contributed by atoms with E-state index in [4.69, 9.17) is 0 Å². The molecule has 0 aromatic carbocycles. The second-order valence-electron chi connectivity index (χ2n) is 5.31. The van der Waals surface area contributed by atoms with Crippen molar-refractivity contribution in [3.8, 4) is 0 Å². The first-order valence-electron chi connectivity index (χ1n) is 6.90. The van der Waals surface area contributed by atoms with E-state index < -0.39 is 0 Å². The van der Waals surface area contributed by atoms with Crippen molar-refractivity contribution in [1.82, 2.24) is 9.88 Å². The van der Waals surface area contributed by atoms with Crippen LogP contribution in [-0.4, -0.2) is 28.9 Å². The van der Waals surface area contributed by atoms with E-state index in [1.165, 1.54) is 48.1 Å². The quantitative estimate of drug-likeness (QED) is 0.809. The van der Waals surface area contributed by atoms with Gasteiger partial charge in [-0.3, -0.25) is 4.79 Å². The maximum Gasteiger partial charge on any atom is 0.219 e. The lowest BCUT2D eigenvalue weighted by molar-refractivity contribution is -0.128. The summed E-state index contributed by atoms with van der Waals surface area (Å²) in [5.74, 6) is 0.182. The molecule has 1 aromatic heterocycles. The van der Waals surface area contributed by atoms with Crippen LogP contribution in [0, 0.1) is 0 Å². The third-order valence-electron chi connectivity index (χ3n) is 4.18. The number of carbonyl (C=O) groups excluding carboxylic acids is 1.